The number of thiophene rings is 1. The van der Waals surface area contributed by atoms with E-state index in [2.05, 4.69) is 33.2 Å². The lowest BCUT2D eigenvalue weighted by atomic mass is 9.88. The van der Waals surface area contributed by atoms with Crippen LogP contribution < -0.4 is 10.6 Å². The molecule has 1 saturated heterocycles. The fourth-order valence-electron chi connectivity index (χ4n) is 2.12. The molecule has 0 amide bonds. The first kappa shape index (κ1) is 9.99. The van der Waals surface area contributed by atoms with Crippen LogP contribution in [0.2, 0.25) is 0 Å². The van der Waals surface area contributed by atoms with Gasteiger partial charge in [0.05, 0.1) is 10.9 Å². The van der Waals surface area contributed by atoms with Crippen molar-refractivity contribution in [2.75, 3.05) is 18.0 Å². The zero-order chi connectivity index (χ0) is 11.2. The van der Waals surface area contributed by atoms with Crippen LogP contribution in [-0.4, -0.2) is 28.6 Å². The van der Waals surface area contributed by atoms with Gasteiger partial charge in [-0.05, 0) is 17.9 Å². The molecule has 0 radical (unpaired) electrons. The van der Waals surface area contributed by atoms with E-state index in [1.165, 1.54) is 0 Å². The molecule has 84 valence electrons. The molecule has 1 fully saturated rings. The number of anilines is 1. The second kappa shape index (κ2) is 3.40. The number of aromatic nitrogens is 2. The first-order chi connectivity index (χ1) is 7.72. The monoisotopic (exact) mass is 234 g/mol. The van der Waals surface area contributed by atoms with Crippen molar-refractivity contribution in [3.05, 3.63) is 17.8 Å². The maximum Gasteiger partial charge on any atom is 0.140 e. The Balaban J connectivity index is 1.94. The van der Waals surface area contributed by atoms with Crippen LogP contribution in [0.1, 0.15) is 13.3 Å². The quantitative estimate of drug-likeness (QED) is 0.858. The van der Waals surface area contributed by atoms with Crippen molar-refractivity contribution < 1.29 is 0 Å². The van der Waals surface area contributed by atoms with Crippen LogP contribution in [0.15, 0.2) is 17.8 Å². The van der Waals surface area contributed by atoms with Gasteiger partial charge in [-0.15, -0.1) is 11.3 Å². The highest BCUT2D eigenvalue weighted by molar-refractivity contribution is 7.16. The van der Waals surface area contributed by atoms with E-state index in [0.717, 1.165) is 35.5 Å². The van der Waals surface area contributed by atoms with Crippen molar-refractivity contribution in [3.8, 4) is 0 Å². The molecule has 1 aliphatic heterocycles. The summed E-state index contributed by atoms with van der Waals surface area (Å²) in [5, 5.41) is 3.20. The van der Waals surface area contributed by atoms with Crippen LogP contribution in [0.4, 0.5) is 5.82 Å². The molecule has 3 heterocycles. The van der Waals surface area contributed by atoms with Crippen LogP contribution in [-0.2, 0) is 0 Å². The second-order valence-electron chi connectivity index (χ2n) is 4.41. The SMILES string of the molecule is CCC1(N)CN(c2ncnc3sccc23)C1. The summed E-state index contributed by atoms with van der Waals surface area (Å²) >= 11 is 1.65. The lowest BCUT2D eigenvalue weighted by molar-refractivity contribution is 0.321. The maximum atomic E-state index is 6.17. The minimum atomic E-state index is -0.0205. The third-order valence-electron chi connectivity index (χ3n) is 3.26. The highest BCUT2D eigenvalue weighted by atomic mass is 32.1. The standard InChI is InChI=1S/C11H14N4S/c1-2-11(12)5-15(6-11)9-8-3-4-16-10(8)14-7-13-9/h3-4,7H,2,5-6,12H2,1H3. The predicted octanol–water partition coefficient (Wildman–Crippen LogP) is 1.62. The fraction of sp³-hybridized carbons (Fsp3) is 0.455. The number of hydrogen-bond donors (Lipinski definition) is 1. The van der Waals surface area contributed by atoms with Gasteiger partial charge >= 0.3 is 0 Å². The van der Waals surface area contributed by atoms with Gasteiger partial charge in [0, 0.05) is 13.1 Å². The van der Waals surface area contributed by atoms with Crippen LogP contribution in [0, 0.1) is 0 Å². The molecule has 2 N–H and O–H groups in total. The van der Waals surface area contributed by atoms with Crippen molar-refractivity contribution in [2.24, 2.45) is 5.73 Å². The summed E-state index contributed by atoms with van der Waals surface area (Å²) in [7, 11) is 0. The molecule has 0 spiro atoms. The normalized spacial score (nSPS) is 18.8. The van der Waals surface area contributed by atoms with Gasteiger partial charge in [0.1, 0.15) is 17.0 Å². The smallest absolute Gasteiger partial charge is 0.140 e. The first-order valence-electron chi connectivity index (χ1n) is 5.44. The van der Waals surface area contributed by atoms with E-state index in [1.807, 2.05) is 0 Å². The van der Waals surface area contributed by atoms with Gasteiger partial charge in [-0.2, -0.15) is 0 Å². The summed E-state index contributed by atoms with van der Waals surface area (Å²) in [5.41, 5.74) is 6.15. The molecule has 0 saturated carbocycles. The number of nitrogens with zero attached hydrogens (tertiary/aromatic N) is 3. The summed E-state index contributed by atoms with van der Waals surface area (Å²) in [6.45, 7) is 3.93. The highest BCUT2D eigenvalue weighted by Crippen LogP contribution is 2.32. The third kappa shape index (κ3) is 1.39. The van der Waals surface area contributed by atoms with Crippen LogP contribution in [0.5, 0.6) is 0 Å². The Kier molecular flexibility index (Phi) is 2.12. The highest BCUT2D eigenvalue weighted by Gasteiger charge is 2.39. The summed E-state index contributed by atoms with van der Waals surface area (Å²) in [4.78, 5) is 11.9. The molecule has 3 rings (SSSR count). The van der Waals surface area contributed by atoms with Crippen molar-refractivity contribution in [1.82, 2.24) is 9.97 Å². The molecule has 0 aliphatic carbocycles. The molecule has 4 nitrogen and oxygen atoms in total. The number of rotatable bonds is 2. The van der Waals surface area contributed by atoms with E-state index in [-0.39, 0.29) is 5.54 Å². The fourth-order valence-corrected chi connectivity index (χ4v) is 2.84. The minimum absolute atomic E-state index is 0.0205. The van der Waals surface area contributed by atoms with Crippen molar-refractivity contribution >= 4 is 27.4 Å². The summed E-state index contributed by atoms with van der Waals surface area (Å²) in [6, 6.07) is 2.08. The Morgan fingerprint density at radius 2 is 2.31 bits per heavy atom. The Hall–Kier alpha value is -1.20. The summed E-state index contributed by atoms with van der Waals surface area (Å²) in [5.74, 6) is 1.03. The van der Waals surface area contributed by atoms with Crippen LogP contribution in [0.25, 0.3) is 10.2 Å². The molecule has 0 aromatic carbocycles. The van der Waals surface area contributed by atoms with Crippen LogP contribution in [0.3, 0.4) is 0 Å². The van der Waals surface area contributed by atoms with Gasteiger partial charge in [0.15, 0.2) is 0 Å². The van der Waals surface area contributed by atoms with Crippen molar-refractivity contribution in [2.45, 2.75) is 18.9 Å². The van der Waals surface area contributed by atoms with E-state index in [1.54, 1.807) is 17.7 Å². The predicted molar refractivity (Wildman–Crippen MR) is 66.8 cm³/mol. The molecule has 16 heavy (non-hydrogen) atoms. The minimum Gasteiger partial charge on any atom is -0.352 e. The molecular weight excluding hydrogens is 220 g/mol. The average molecular weight is 234 g/mol. The molecule has 1 aliphatic rings. The van der Waals surface area contributed by atoms with Gasteiger partial charge in [-0.1, -0.05) is 6.92 Å². The van der Waals surface area contributed by atoms with Gasteiger partial charge in [-0.3, -0.25) is 0 Å². The second-order valence-corrected chi connectivity index (χ2v) is 5.30. The molecule has 0 bridgehead atoms. The lowest BCUT2D eigenvalue weighted by Gasteiger charge is -2.48. The van der Waals surface area contributed by atoms with Gasteiger partial charge in [0.25, 0.3) is 0 Å². The Labute approximate surface area is 98.1 Å². The first-order valence-corrected chi connectivity index (χ1v) is 6.32. The van der Waals surface area contributed by atoms with Crippen LogP contribution >= 0.6 is 11.3 Å². The van der Waals surface area contributed by atoms with Crippen molar-refractivity contribution in [3.63, 3.8) is 0 Å². The molecule has 2 aromatic rings. The van der Waals surface area contributed by atoms with E-state index in [0.29, 0.717) is 0 Å². The summed E-state index contributed by atoms with van der Waals surface area (Å²) in [6.07, 6.45) is 2.65. The molecule has 5 heteroatoms. The number of fused-ring (bicyclic) bond motifs is 1. The van der Waals surface area contributed by atoms with Gasteiger partial charge < -0.3 is 10.6 Å². The largest absolute Gasteiger partial charge is 0.352 e. The van der Waals surface area contributed by atoms with Crippen molar-refractivity contribution in [1.29, 1.82) is 0 Å². The number of hydrogen-bond acceptors (Lipinski definition) is 5. The molecular formula is C11H14N4S. The zero-order valence-electron chi connectivity index (χ0n) is 9.18. The van der Waals surface area contributed by atoms with E-state index in [9.17, 15) is 0 Å². The third-order valence-corrected chi connectivity index (χ3v) is 4.08. The molecule has 0 atom stereocenters. The van der Waals surface area contributed by atoms with E-state index >= 15 is 0 Å². The Morgan fingerprint density at radius 3 is 3.06 bits per heavy atom. The van der Waals surface area contributed by atoms with Gasteiger partial charge in [0.2, 0.25) is 0 Å². The molecule has 2 aromatic heterocycles. The summed E-state index contributed by atoms with van der Waals surface area (Å²) < 4.78 is 0. The Morgan fingerprint density at radius 1 is 1.50 bits per heavy atom. The average Bonchev–Trinajstić information content (AvgIpc) is 2.72. The van der Waals surface area contributed by atoms with E-state index < -0.39 is 0 Å². The topological polar surface area (TPSA) is 55.0 Å². The molecule has 0 unspecified atom stereocenters. The van der Waals surface area contributed by atoms with E-state index in [4.69, 9.17) is 5.73 Å². The number of nitrogens with two attached hydrogens (primary N) is 1. The zero-order valence-corrected chi connectivity index (χ0v) is 10.00. The maximum absolute atomic E-state index is 6.17. The Bertz CT molecular complexity index is 515. The lowest BCUT2D eigenvalue weighted by Crippen LogP contribution is -2.67. The van der Waals surface area contributed by atoms with Gasteiger partial charge in [-0.25, -0.2) is 9.97 Å².